The van der Waals surface area contributed by atoms with E-state index in [-0.39, 0.29) is 17.5 Å². The standard InChI is InChI=1S/C14H18O2/c1-10(2)14(16)9-13-7-5-4-6-12(13)8-11(3)15/h4-7,10H,8-9H2,1-3H3. The second kappa shape index (κ2) is 5.59. The molecule has 0 amide bonds. The molecule has 0 aromatic heterocycles. The molecule has 0 radical (unpaired) electrons. The van der Waals surface area contributed by atoms with Crippen LogP contribution in [0, 0.1) is 5.92 Å². The van der Waals surface area contributed by atoms with E-state index in [1.165, 1.54) is 0 Å². The quantitative estimate of drug-likeness (QED) is 0.761. The molecule has 1 aromatic rings. The molecule has 0 atom stereocenters. The topological polar surface area (TPSA) is 34.1 Å². The smallest absolute Gasteiger partial charge is 0.139 e. The van der Waals surface area contributed by atoms with Crippen LogP contribution in [0.5, 0.6) is 0 Å². The third-order valence-corrected chi connectivity index (χ3v) is 2.57. The molecular formula is C14H18O2. The average molecular weight is 218 g/mol. The van der Waals surface area contributed by atoms with Crippen LogP contribution < -0.4 is 0 Å². The van der Waals surface area contributed by atoms with E-state index in [4.69, 9.17) is 0 Å². The lowest BCUT2D eigenvalue weighted by molar-refractivity contribution is -0.121. The number of carbonyl (C=O) groups excluding carboxylic acids is 2. The maximum Gasteiger partial charge on any atom is 0.139 e. The second-order valence-electron chi connectivity index (χ2n) is 4.45. The summed E-state index contributed by atoms with van der Waals surface area (Å²) in [6.07, 6.45) is 0.850. The lowest BCUT2D eigenvalue weighted by atomic mass is 9.95. The minimum absolute atomic E-state index is 0.0467. The summed E-state index contributed by atoms with van der Waals surface area (Å²) in [7, 11) is 0. The third kappa shape index (κ3) is 3.61. The Bertz CT molecular complexity index is 391. The van der Waals surface area contributed by atoms with Crippen molar-refractivity contribution in [2.75, 3.05) is 0 Å². The molecule has 0 aliphatic heterocycles. The fraction of sp³-hybridized carbons (Fsp3) is 0.429. The van der Waals surface area contributed by atoms with Crippen molar-refractivity contribution < 1.29 is 9.59 Å². The first-order chi connectivity index (χ1) is 7.50. The van der Waals surface area contributed by atoms with E-state index in [1.807, 2.05) is 38.1 Å². The van der Waals surface area contributed by atoms with E-state index in [0.29, 0.717) is 12.8 Å². The van der Waals surface area contributed by atoms with Crippen LogP contribution in [-0.4, -0.2) is 11.6 Å². The summed E-state index contributed by atoms with van der Waals surface area (Å²) in [5.41, 5.74) is 1.96. The van der Waals surface area contributed by atoms with Gasteiger partial charge in [-0.2, -0.15) is 0 Å². The maximum atomic E-state index is 11.7. The van der Waals surface area contributed by atoms with Gasteiger partial charge >= 0.3 is 0 Å². The van der Waals surface area contributed by atoms with Crippen LogP contribution in [-0.2, 0) is 22.4 Å². The molecule has 0 spiro atoms. The van der Waals surface area contributed by atoms with Crippen molar-refractivity contribution in [1.29, 1.82) is 0 Å². The first kappa shape index (κ1) is 12.6. The number of carbonyl (C=O) groups is 2. The van der Waals surface area contributed by atoms with Crippen LogP contribution in [0.3, 0.4) is 0 Å². The molecule has 0 saturated carbocycles. The predicted molar refractivity (Wildman–Crippen MR) is 64.4 cm³/mol. The van der Waals surface area contributed by atoms with Gasteiger partial charge in [-0.05, 0) is 18.1 Å². The van der Waals surface area contributed by atoms with Crippen molar-refractivity contribution >= 4 is 11.6 Å². The van der Waals surface area contributed by atoms with Gasteiger partial charge in [0.15, 0.2) is 0 Å². The Morgan fingerprint density at radius 1 is 1.06 bits per heavy atom. The largest absolute Gasteiger partial charge is 0.300 e. The van der Waals surface area contributed by atoms with Gasteiger partial charge in [0, 0.05) is 18.8 Å². The summed E-state index contributed by atoms with van der Waals surface area (Å²) in [6, 6.07) is 7.66. The molecule has 0 unspecified atom stereocenters. The Labute approximate surface area is 96.7 Å². The molecule has 0 fully saturated rings. The summed E-state index contributed by atoms with van der Waals surface area (Å²) >= 11 is 0. The van der Waals surface area contributed by atoms with Crippen molar-refractivity contribution in [3.8, 4) is 0 Å². The van der Waals surface area contributed by atoms with Gasteiger partial charge in [-0.15, -0.1) is 0 Å². The SMILES string of the molecule is CC(=O)Cc1ccccc1CC(=O)C(C)C. The highest BCUT2D eigenvalue weighted by Crippen LogP contribution is 2.13. The Kier molecular flexibility index (Phi) is 4.41. The predicted octanol–water partition coefficient (Wildman–Crippen LogP) is 2.59. The molecule has 86 valence electrons. The molecule has 1 rings (SSSR count). The molecule has 2 heteroatoms. The number of Topliss-reactive ketones (excluding diaryl/α,β-unsaturated/α-hetero) is 2. The van der Waals surface area contributed by atoms with E-state index in [1.54, 1.807) is 6.92 Å². The van der Waals surface area contributed by atoms with Gasteiger partial charge in [-0.3, -0.25) is 9.59 Å². The van der Waals surface area contributed by atoms with Crippen LogP contribution in [0.2, 0.25) is 0 Å². The molecule has 0 saturated heterocycles. The number of hydrogen-bond donors (Lipinski definition) is 0. The zero-order chi connectivity index (χ0) is 12.1. The molecule has 0 aliphatic carbocycles. The Balaban J connectivity index is 2.86. The third-order valence-electron chi connectivity index (χ3n) is 2.57. The van der Waals surface area contributed by atoms with E-state index in [9.17, 15) is 9.59 Å². The maximum absolute atomic E-state index is 11.7. The van der Waals surface area contributed by atoms with E-state index in [2.05, 4.69) is 0 Å². The summed E-state index contributed by atoms with van der Waals surface area (Å²) in [5, 5.41) is 0. The molecule has 0 bridgehead atoms. The molecule has 0 heterocycles. The molecule has 0 aliphatic rings. The highest BCUT2D eigenvalue weighted by Gasteiger charge is 2.11. The Morgan fingerprint density at radius 3 is 2.00 bits per heavy atom. The highest BCUT2D eigenvalue weighted by molar-refractivity contribution is 5.84. The fourth-order valence-corrected chi connectivity index (χ4v) is 1.56. The zero-order valence-electron chi connectivity index (χ0n) is 10.1. The number of hydrogen-bond acceptors (Lipinski definition) is 2. The van der Waals surface area contributed by atoms with Crippen molar-refractivity contribution in [2.24, 2.45) is 5.92 Å². The van der Waals surface area contributed by atoms with Crippen LogP contribution in [0.15, 0.2) is 24.3 Å². The monoisotopic (exact) mass is 218 g/mol. The first-order valence-corrected chi connectivity index (χ1v) is 5.59. The van der Waals surface area contributed by atoms with Crippen molar-refractivity contribution in [3.05, 3.63) is 35.4 Å². The van der Waals surface area contributed by atoms with Crippen molar-refractivity contribution in [2.45, 2.75) is 33.6 Å². The molecular weight excluding hydrogens is 200 g/mol. The summed E-state index contributed by atoms with van der Waals surface area (Å²) in [5.74, 6) is 0.394. The zero-order valence-corrected chi connectivity index (χ0v) is 10.1. The summed E-state index contributed by atoms with van der Waals surface area (Å²) in [6.45, 7) is 5.37. The van der Waals surface area contributed by atoms with Crippen LogP contribution in [0.1, 0.15) is 31.9 Å². The number of benzene rings is 1. The average Bonchev–Trinajstić information content (AvgIpc) is 2.20. The second-order valence-corrected chi connectivity index (χ2v) is 4.45. The molecule has 16 heavy (non-hydrogen) atoms. The Hall–Kier alpha value is -1.44. The molecule has 1 aromatic carbocycles. The van der Waals surface area contributed by atoms with Gasteiger partial charge in [0.25, 0.3) is 0 Å². The summed E-state index contributed by atoms with van der Waals surface area (Å²) in [4.78, 5) is 22.8. The van der Waals surface area contributed by atoms with Crippen molar-refractivity contribution in [1.82, 2.24) is 0 Å². The highest BCUT2D eigenvalue weighted by atomic mass is 16.1. The van der Waals surface area contributed by atoms with Crippen molar-refractivity contribution in [3.63, 3.8) is 0 Å². The van der Waals surface area contributed by atoms with E-state index >= 15 is 0 Å². The van der Waals surface area contributed by atoms with Crippen LogP contribution in [0.4, 0.5) is 0 Å². The van der Waals surface area contributed by atoms with Gasteiger partial charge in [0.1, 0.15) is 11.6 Å². The van der Waals surface area contributed by atoms with E-state index < -0.39 is 0 Å². The lowest BCUT2D eigenvalue weighted by Gasteiger charge is -2.09. The number of ketones is 2. The van der Waals surface area contributed by atoms with Gasteiger partial charge in [-0.1, -0.05) is 38.1 Å². The summed E-state index contributed by atoms with van der Waals surface area (Å²) < 4.78 is 0. The van der Waals surface area contributed by atoms with Crippen LogP contribution in [0.25, 0.3) is 0 Å². The van der Waals surface area contributed by atoms with Gasteiger partial charge in [-0.25, -0.2) is 0 Å². The lowest BCUT2D eigenvalue weighted by Crippen LogP contribution is -2.12. The molecule has 0 N–H and O–H groups in total. The Morgan fingerprint density at radius 2 is 1.56 bits per heavy atom. The number of rotatable bonds is 5. The van der Waals surface area contributed by atoms with Gasteiger partial charge in [0.2, 0.25) is 0 Å². The minimum atomic E-state index is 0.0467. The van der Waals surface area contributed by atoms with E-state index in [0.717, 1.165) is 11.1 Å². The normalized spacial score (nSPS) is 10.5. The van der Waals surface area contributed by atoms with Crippen LogP contribution >= 0.6 is 0 Å². The first-order valence-electron chi connectivity index (χ1n) is 5.59. The fourth-order valence-electron chi connectivity index (χ4n) is 1.56. The van der Waals surface area contributed by atoms with Gasteiger partial charge in [0.05, 0.1) is 0 Å². The van der Waals surface area contributed by atoms with Gasteiger partial charge < -0.3 is 0 Å². The minimum Gasteiger partial charge on any atom is -0.300 e. The molecule has 2 nitrogen and oxygen atoms in total.